The molecule has 1 aliphatic rings. The van der Waals surface area contributed by atoms with E-state index in [0.717, 1.165) is 6.42 Å². The molecule has 130 valence electrons. The Bertz CT molecular complexity index is 638. The molecule has 1 N–H and O–H groups in total. The molecule has 0 amide bonds. The lowest BCUT2D eigenvalue weighted by Gasteiger charge is -2.28. The van der Waals surface area contributed by atoms with Gasteiger partial charge in [0.2, 0.25) is 0 Å². The Labute approximate surface area is 141 Å². The van der Waals surface area contributed by atoms with Gasteiger partial charge in [0.05, 0.1) is 12.3 Å². The highest BCUT2D eigenvalue weighted by molar-refractivity contribution is 7.91. The van der Waals surface area contributed by atoms with Crippen LogP contribution in [0.2, 0.25) is 0 Å². The Morgan fingerprint density at radius 2 is 2.13 bits per heavy atom. The number of rotatable bonds is 9. The van der Waals surface area contributed by atoms with Gasteiger partial charge in [-0.15, -0.1) is 11.3 Å². The molecule has 1 aromatic heterocycles. The summed E-state index contributed by atoms with van der Waals surface area (Å²) in [5, 5.41) is 11.2. The van der Waals surface area contributed by atoms with Crippen LogP contribution in [0.15, 0.2) is 21.4 Å². The van der Waals surface area contributed by atoms with E-state index in [9.17, 15) is 13.5 Å². The molecule has 0 saturated heterocycles. The average molecular weight is 361 g/mol. The van der Waals surface area contributed by atoms with Crippen LogP contribution in [0.1, 0.15) is 32.3 Å². The maximum Gasteiger partial charge on any atom is 0.274 e. The number of fused-ring (bicyclic) bond motifs is 1. The summed E-state index contributed by atoms with van der Waals surface area (Å²) in [7, 11) is -3.55. The fourth-order valence-electron chi connectivity index (χ4n) is 2.41. The fraction of sp³-hybridized carbons (Fsp3) is 0.600. The molecule has 0 aromatic carbocycles. The monoisotopic (exact) mass is 361 g/mol. The third-order valence-electron chi connectivity index (χ3n) is 3.50. The first kappa shape index (κ1) is 18.4. The van der Waals surface area contributed by atoms with Crippen LogP contribution in [0.4, 0.5) is 0 Å². The van der Waals surface area contributed by atoms with Gasteiger partial charge in [0, 0.05) is 25.3 Å². The summed E-state index contributed by atoms with van der Waals surface area (Å²) in [6.07, 6.45) is 2.86. The largest absolute Gasteiger partial charge is 0.390 e. The summed E-state index contributed by atoms with van der Waals surface area (Å²) in [6, 6.07) is 1.76. The van der Waals surface area contributed by atoms with E-state index in [1.807, 2.05) is 13.8 Å². The minimum Gasteiger partial charge on any atom is -0.390 e. The summed E-state index contributed by atoms with van der Waals surface area (Å²) in [5.74, 6) is 0. The van der Waals surface area contributed by atoms with Crippen LogP contribution in [0.5, 0.6) is 0 Å². The summed E-state index contributed by atoms with van der Waals surface area (Å²) >= 11 is 1.20. The van der Waals surface area contributed by atoms with Crippen LogP contribution in [0.25, 0.3) is 6.08 Å². The zero-order valence-electron chi connectivity index (χ0n) is 13.4. The predicted octanol–water partition coefficient (Wildman–Crippen LogP) is 2.26. The van der Waals surface area contributed by atoms with Crippen molar-refractivity contribution in [3.8, 4) is 0 Å². The molecule has 8 heteroatoms. The molecule has 6 nitrogen and oxygen atoms in total. The smallest absolute Gasteiger partial charge is 0.274 e. The standard InChI is InChI=1S/C15H23NO5S2/c1-3-20-12(2)21-8-5-4-7-16-14(11-17)10-13-6-9-22-15(13)23(16,18)19/h6,9-10,12,17H,3-5,7-8,11H2,1-2H3. The number of ether oxygens (including phenoxy) is 2. The molecule has 1 aromatic rings. The van der Waals surface area contributed by atoms with Gasteiger partial charge in [-0.2, -0.15) is 0 Å². The molecule has 1 aliphatic heterocycles. The molecule has 2 rings (SSSR count). The zero-order valence-corrected chi connectivity index (χ0v) is 15.0. The first-order valence-corrected chi connectivity index (χ1v) is 9.97. The number of nitrogens with zero attached hydrogens (tertiary/aromatic N) is 1. The molecule has 0 aliphatic carbocycles. The first-order chi connectivity index (χ1) is 11.0. The van der Waals surface area contributed by atoms with Gasteiger partial charge in [-0.1, -0.05) is 0 Å². The fourth-order valence-corrected chi connectivity index (χ4v) is 5.34. The summed E-state index contributed by atoms with van der Waals surface area (Å²) in [6.45, 7) is 4.88. The maximum absolute atomic E-state index is 12.6. The van der Waals surface area contributed by atoms with Crippen molar-refractivity contribution < 1.29 is 23.0 Å². The van der Waals surface area contributed by atoms with Crippen molar-refractivity contribution in [3.63, 3.8) is 0 Å². The molecular weight excluding hydrogens is 338 g/mol. The van der Waals surface area contributed by atoms with Crippen LogP contribution in [-0.4, -0.2) is 50.5 Å². The van der Waals surface area contributed by atoms with Crippen LogP contribution in [0.3, 0.4) is 0 Å². The Morgan fingerprint density at radius 1 is 1.35 bits per heavy atom. The van der Waals surface area contributed by atoms with Gasteiger partial charge in [0.15, 0.2) is 6.29 Å². The highest BCUT2D eigenvalue weighted by atomic mass is 32.2. The van der Waals surface area contributed by atoms with Gasteiger partial charge < -0.3 is 14.6 Å². The van der Waals surface area contributed by atoms with E-state index in [-0.39, 0.29) is 12.9 Å². The van der Waals surface area contributed by atoms with Gasteiger partial charge in [-0.25, -0.2) is 8.42 Å². The van der Waals surface area contributed by atoms with E-state index in [4.69, 9.17) is 9.47 Å². The molecule has 2 heterocycles. The number of aliphatic hydroxyl groups is 1. The third kappa shape index (κ3) is 4.33. The lowest BCUT2D eigenvalue weighted by Crippen LogP contribution is -2.34. The van der Waals surface area contributed by atoms with Gasteiger partial charge in [0.1, 0.15) is 4.21 Å². The quantitative estimate of drug-likeness (QED) is 0.539. The van der Waals surface area contributed by atoms with Crippen molar-refractivity contribution in [2.45, 2.75) is 37.2 Å². The van der Waals surface area contributed by atoms with Crippen molar-refractivity contribution in [2.75, 3.05) is 26.4 Å². The Kier molecular flexibility index (Phi) is 6.60. The van der Waals surface area contributed by atoms with Crippen molar-refractivity contribution in [3.05, 3.63) is 22.7 Å². The normalized spacial score (nSPS) is 17.7. The summed E-state index contributed by atoms with van der Waals surface area (Å²) in [4.78, 5) is 0. The lowest BCUT2D eigenvalue weighted by atomic mass is 10.2. The van der Waals surface area contributed by atoms with Gasteiger partial charge >= 0.3 is 0 Å². The van der Waals surface area contributed by atoms with Gasteiger partial charge in [-0.05, 0) is 44.2 Å². The van der Waals surface area contributed by atoms with E-state index in [1.165, 1.54) is 15.6 Å². The molecule has 1 atom stereocenters. The van der Waals surface area contributed by atoms with E-state index >= 15 is 0 Å². The molecule has 0 radical (unpaired) electrons. The van der Waals surface area contributed by atoms with Crippen LogP contribution >= 0.6 is 11.3 Å². The maximum atomic E-state index is 12.6. The molecule has 0 saturated carbocycles. The van der Waals surface area contributed by atoms with Gasteiger partial charge in [0.25, 0.3) is 10.0 Å². The highest BCUT2D eigenvalue weighted by Crippen LogP contribution is 2.34. The second kappa shape index (κ2) is 8.25. The summed E-state index contributed by atoms with van der Waals surface area (Å²) in [5.41, 5.74) is 1.07. The van der Waals surface area contributed by atoms with Crippen molar-refractivity contribution in [2.24, 2.45) is 0 Å². The number of hydrogen-bond acceptors (Lipinski definition) is 6. The van der Waals surface area contributed by atoms with Crippen LogP contribution in [-0.2, 0) is 19.5 Å². The topological polar surface area (TPSA) is 76.1 Å². The molecule has 1 unspecified atom stereocenters. The van der Waals surface area contributed by atoms with Crippen molar-refractivity contribution in [1.29, 1.82) is 0 Å². The Hall–Kier alpha value is -0.930. The van der Waals surface area contributed by atoms with E-state index in [1.54, 1.807) is 17.5 Å². The summed E-state index contributed by atoms with van der Waals surface area (Å²) < 4.78 is 37.6. The van der Waals surface area contributed by atoms with Gasteiger partial charge in [-0.3, -0.25) is 4.31 Å². The minimum atomic E-state index is -3.55. The molecule has 0 spiro atoms. The molecule has 0 bridgehead atoms. The van der Waals surface area contributed by atoms with E-state index in [0.29, 0.717) is 41.6 Å². The minimum absolute atomic E-state index is 0.250. The number of thiophene rings is 1. The van der Waals surface area contributed by atoms with Crippen molar-refractivity contribution in [1.82, 2.24) is 4.31 Å². The lowest BCUT2D eigenvalue weighted by molar-refractivity contribution is -0.127. The molecule has 0 fully saturated rings. The number of aliphatic hydroxyl groups excluding tert-OH is 1. The second-order valence-electron chi connectivity index (χ2n) is 5.14. The number of hydrogen-bond donors (Lipinski definition) is 1. The Morgan fingerprint density at radius 3 is 2.83 bits per heavy atom. The molecular formula is C15H23NO5S2. The van der Waals surface area contributed by atoms with Crippen LogP contribution in [0, 0.1) is 0 Å². The highest BCUT2D eigenvalue weighted by Gasteiger charge is 2.32. The third-order valence-corrected chi connectivity index (χ3v) is 6.84. The molecule has 23 heavy (non-hydrogen) atoms. The first-order valence-electron chi connectivity index (χ1n) is 7.65. The SMILES string of the molecule is CCOC(C)OCCCCN1C(CO)=Cc2ccsc2S1(=O)=O. The van der Waals surface area contributed by atoms with Crippen LogP contribution < -0.4 is 0 Å². The number of sulfonamides is 1. The van der Waals surface area contributed by atoms with E-state index < -0.39 is 10.0 Å². The Balaban J connectivity index is 1.92. The average Bonchev–Trinajstić information content (AvgIpc) is 2.98. The van der Waals surface area contributed by atoms with E-state index in [2.05, 4.69) is 0 Å². The predicted molar refractivity (Wildman–Crippen MR) is 89.5 cm³/mol. The zero-order chi connectivity index (χ0) is 16.9. The van der Waals surface area contributed by atoms with Crippen molar-refractivity contribution >= 4 is 27.4 Å². The second-order valence-corrected chi connectivity index (χ2v) is 8.11. The number of unbranched alkanes of at least 4 members (excludes halogenated alkanes) is 1.